The van der Waals surface area contributed by atoms with E-state index in [2.05, 4.69) is 45.9 Å². The number of hydrogen-bond acceptors (Lipinski definition) is 7. The first-order chi connectivity index (χ1) is 12.8. The molecule has 7 nitrogen and oxygen atoms in total. The van der Waals surface area contributed by atoms with Crippen molar-refractivity contribution in [2.45, 2.75) is 25.8 Å². The maximum absolute atomic E-state index is 11.8. The molecule has 0 radical (unpaired) electrons. The summed E-state index contributed by atoms with van der Waals surface area (Å²) in [5, 5.41) is 22.4. The zero-order valence-electron chi connectivity index (χ0n) is 14.2. The number of nitrogens with zero attached hydrogens (tertiary/aromatic N) is 4. The van der Waals surface area contributed by atoms with Gasteiger partial charge >= 0.3 is 5.97 Å². The molecule has 0 bridgehead atoms. The van der Waals surface area contributed by atoms with Crippen molar-refractivity contribution in [2.24, 2.45) is 0 Å². The Morgan fingerprint density at radius 3 is 2.85 bits per heavy atom. The number of thiophene rings is 1. The van der Waals surface area contributed by atoms with Gasteiger partial charge in [-0.3, -0.25) is 4.79 Å². The highest BCUT2D eigenvalue weighted by Gasteiger charge is 2.17. The fourth-order valence-corrected chi connectivity index (χ4v) is 3.60. The van der Waals surface area contributed by atoms with Crippen molar-refractivity contribution in [3.05, 3.63) is 52.9 Å². The Labute approximate surface area is 155 Å². The van der Waals surface area contributed by atoms with E-state index in [4.69, 9.17) is 9.84 Å². The molecule has 0 amide bonds. The van der Waals surface area contributed by atoms with Crippen LogP contribution >= 0.6 is 11.3 Å². The Kier molecular flexibility index (Phi) is 6.45. The van der Waals surface area contributed by atoms with Crippen molar-refractivity contribution in [2.75, 3.05) is 13.2 Å². The molecular weight excluding hydrogens is 352 g/mol. The van der Waals surface area contributed by atoms with Gasteiger partial charge in [0.05, 0.1) is 11.5 Å². The van der Waals surface area contributed by atoms with Crippen molar-refractivity contribution in [1.29, 1.82) is 0 Å². The summed E-state index contributed by atoms with van der Waals surface area (Å²) in [4.78, 5) is 12.7. The SMILES string of the molecule is O=C(Cn1nnnc1-c1sccc1CCCc1ccccc1)OCCO. The lowest BCUT2D eigenvalue weighted by Gasteiger charge is -2.06. The fraction of sp³-hybridized carbons (Fsp3) is 0.333. The number of benzene rings is 1. The van der Waals surface area contributed by atoms with Gasteiger partial charge in [0, 0.05) is 0 Å². The molecule has 1 aromatic carbocycles. The normalized spacial score (nSPS) is 10.8. The first-order valence-corrected chi connectivity index (χ1v) is 9.29. The molecule has 0 unspecified atom stereocenters. The smallest absolute Gasteiger partial charge is 0.328 e. The van der Waals surface area contributed by atoms with Gasteiger partial charge in [0.2, 0.25) is 0 Å². The van der Waals surface area contributed by atoms with E-state index in [1.165, 1.54) is 15.8 Å². The van der Waals surface area contributed by atoms with Crippen LogP contribution in [0.4, 0.5) is 0 Å². The van der Waals surface area contributed by atoms with Crippen LogP contribution in [0.5, 0.6) is 0 Å². The summed E-state index contributed by atoms with van der Waals surface area (Å²) >= 11 is 1.56. The van der Waals surface area contributed by atoms with E-state index in [0.29, 0.717) is 5.82 Å². The Morgan fingerprint density at radius 1 is 1.19 bits per heavy atom. The molecule has 2 heterocycles. The summed E-state index contributed by atoms with van der Waals surface area (Å²) in [5.41, 5.74) is 2.49. The molecule has 0 aliphatic heterocycles. The van der Waals surface area contributed by atoms with E-state index in [1.807, 2.05) is 11.4 Å². The molecule has 3 rings (SSSR count). The van der Waals surface area contributed by atoms with Crippen molar-refractivity contribution >= 4 is 17.3 Å². The van der Waals surface area contributed by atoms with Crippen molar-refractivity contribution in [3.63, 3.8) is 0 Å². The van der Waals surface area contributed by atoms with Gasteiger partial charge in [0.1, 0.15) is 13.2 Å². The van der Waals surface area contributed by atoms with Crippen LogP contribution in [0.2, 0.25) is 0 Å². The first kappa shape index (κ1) is 18.2. The quantitative estimate of drug-likeness (QED) is 0.579. The lowest BCUT2D eigenvalue weighted by Crippen LogP contribution is -2.17. The summed E-state index contributed by atoms with van der Waals surface area (Å²) in [7, 11) is 0. The minimum atomic E-state index is -0.477. The van der Waals surface area contributed by atoms with Gasteiger partial charge in [-0.1, -0.05) is 30.3 Å². The van der Waals surface area contributed by atoms with Crippen LogP contribution in [0.15, 0.2) is 41.8 Å². The Bertz CT molecular complexity index is 832. The van der Waals surface area contributed by atoms with E-state index in [1.54, 1.807) is 11.3 Å². The van der Waals surface area contributed by atoms with E-state index < -0.39 is 5.97 Å². The molecule has 3 aromatic rings. The third-order valence-corrected chi connectivity index (χ3v) is 4.82. The molecule has 0 fully saturated rings. The third kappa shape index (κ3) is 4.74. The second kappa shape index (κ2) is 9.21. The summed E-state index contributed by atoms with van der Waals surface area (Å²) < 4.78 is 6.32. The molecule has 136 valence electrons. The number of carbonyl (C=O) groups is 1. The Morgan fingerprint density at radius 2 is 2.04 bits per heavy atom. The molecule has 0 aliphatic rings. The molecule has 0 saturated carbocycles. The van der Waals surface area contributed by atoms with Crippen LogP contribution in [-0.4, -0.2) is 44.5 Å². The Balaban J connectivity index is 1.65. The van der Waals surface area contributed by atoms with Gasteiger partial charge < -0.3 is 9.84 Å². The lowest BCUT2D eigenvalue weighted by molar-refractivity contribution is -0.145. The standard InChI is InChI=1S/C18H20N4O3S/c23-10-11-25-16(24)13-22-18(19-20-21-22)17-15(9-12-26-17)8-4-7-14-5-2-1-3-6-14/h1-3,5-6,9,12,23H,4,7-8,10-11,13H2. The molecule has 1 N–H and O–H groups in total. The van der Waals surface area contributed by atoms with E-state index in [-0.39, 0.29) is 19.8 Å². The second-order valence-corrected chi connectivity index (χ2v) is 6.63. The van der Waals surface area contributed by atoms with Crippen LogP contribution in [0.1, 0.15) is 17.5 Å². The highest BCUT2D eigenvalue weighted by molar-refractivity contribution is 7.13. The predicted molar refractivity (Wildman–Crippen MR) is 97.6 cm³/mol. The highest BCUT2D eigenvalue weighted by Crippen LogP contribution is 2.28. The number of aliphatic hydroxyl groups is 1. The topological polar surface area (TPSA) is 90.1 Å². The number of tetrazole rings is 1. The van der Waals surface area contributed by atoms with Gasteiger partial charge in [0.15, 0.2) is 5.82 Å². The van der Waals surface area contributed by atoms with Gasteiger partial charge in [0.25, 0.3) is 0 Å². The van der Waals surface area contributed by atoms with Crippen LogP contribution in [0, 0.1) is 0 Å². The minimum absolute atomic E-state index is 0.0277. The number of rotatable bonds is 9. The summed E-state index contributed by atoms with van der Waals surface area (Å²) in [6.45, 7) is -0.311. The van der Waals surface area contributed by atoms with Gasteiger partial charge in [-0.25, -0.2) is 4.68 Å². The van der Waals surface area contributed by atoms with E-state index >= 15 is 0 Å². The Hall–Kier alpha value is -2.58. The van der Waals surface area contributed by atoms with Crippen LogP contribution in [-0.2, 0) is 28.9 Å². The summed E-state index contributed by atoms with van der Waals surface area (Å²) in [6, 6.07) is 12.5. The molecule has 0 saturated heterocycles. The number of ether oxygens (including phenoxy) is 1. The van der Waals surface area contributed by atoms with Crippen LogP contribution in [0.3, 0.4) is 0 Å². The first-order valence-electron chi connectivity index (χ1n) is 8.41. The zero-order chi connectivity index (χ0) is 18.2. The van der Waals surface area contributed by atoms with Crippen molar-refractivity contribution in [1.82, 2.24) is 20.2 Å². The molecule has 8 heteroatoms. The number of aromatic nitrogens is 4. The maximum atomic E-state index is 11.8. The van der Waals surface area contributed by atoms with Crippen LogP contribution in [0.25, 0.3) is 10.7 Å². The third-order valence-electron chi connectivity index (χ3n) is 3.87. The second-order valence-electron chi connectivity index (χ2n) is 5.72. The number of aryl methyl sites for hydroxylation is 2. The number of hydrogen-bond donors (Lipinski definition) is 1. The van der Waals surface area contributed by atoms with Crippen molar-refractivity contribution in [3.8, 4) is 10.7 Å². The van der Waals surface area contributed by atoms with E-state index in [0.717, 1.165) is 24.1 Å². The van der Waals surface area contributed by atoms with Gasteiger partial charge in [-0.2, -0.15) is 0 Å². The molecular formula is C18H20N4O3S. The predicted octanol–water partition coefficient (Wildman–Crippen LogP) is 2.11. The number of carbonyl (C=O) groups excluding carboxylic acids is 1. The van der Waals surface area contributed by atoms with Gasteiger partial charge in [-0.15, -0.1) is 16.4 Å². The molecule has 0 aliphatic carbocycles. The van der Waals surface area contributed by atoms with Crippen LogP contribution < -0.4 is 0 Å². The zero-order valence-corrected chi connectivity index (χ0v) is 15.1. The van der Waals surface area contributed by atoms with Crippen molar-refractivity contribution < 1.29 is 14.6 Å². The summed E-state index contributed by atoms with van der Waals surface area (Å²) in [6.07, 6.45) is 2.94. The maximum Gasteiger partial charge on any atom is 0.328 e. The monoisotopic (exact) mass is 372 g/mol. The molecule has 0 atom stereocenters. The van der Waals surface area contributed by atoms with E-state index in [9.17, 15) is 4.79 Å². The lowest BCUT2D eigenvalue weighted by atomic mass is 10.0. The fourth-order valence-electron chi connectivity index (χ4n) is 2.66. The molecule has 26 heavy (non-hydrogen) atoms. The largest absolute Gasteiger partial charge is 0.462 e. The molecule has 0 spiro atoms. The van der Waals surface area contributed by atoms with Gasteiger partial charge in [-0.05, 0) is 52.3 Å². The minimum Gasteiger partial charge on any atom is -0.462 e. The highest BCUT2D eigenvalue weighted by atomic mass is 32.1. The number of aliphatic hydroxyl groups excluding tert-OH is 1. The summed E-state index contributed by atoms with van der Waals surface area (Å²) in [5.74, 6) is 0.0884. The molecule has 2 aromatic heterocycles. The number of esters is 1. The average Bonchev–Trinajstić information content (AvgIpc) is 3.30. The average molecular weight is 372 g/mol.